The van der Waals surface area contributed by atoms with Crippen LogP contribution in [-0.4, -0.2) is 9.78 Å². The summed E-state index contributed by atoms with van der Waals surface area (Å²) in [6, 6.07) is 2.49. The first-order chi connectivity index (χ1) is 6.77. The summed E-state index contributed by atoms with van der Waals surface area (Å²) in [6.45, 7) is 2.00. The maximum atomic E-state index is 6.13. The van der Waals surface area contributed by atoms with Crippen molar-refractivity contribution in [1.82, 2.24) is 9.78 Å². The molecule has 0 aliphatic heterocycles. The van der Waals surface area contributed by atoms with Crippen LogP contribution < -0.4 is 0 Å². The smallest absolute Gasteiger partial charge is 0.127 e. The fraction of sp³-hybridized carbons (Fsp3) is 0.727. The Balaban J connectivity index is 2.15. The van der Waals surface area contributed by atoms with E-state index in [1.54, 1.807) is 0 Å². The first-order valence-corrected chi connectivity index (χ1v) is 5.87. The minimum atomic E-state index is 0.540. The molecule has 1 heterocycles. The molecule has 0 radical (unpaired) electrons. The monoisotopic (exact) mass is 212 g/mol. The van der Waals surface area contributed by atoms with Gasteiger partial charge in [0.25, 0.3) is 0 Å². The van der Waals surface area contributed by atoms with Crippen molar-refractivity contribution < 1.29 is 0 Å². The van der Waals surface area contributed by atoms with Crippen LogP contribution >= 0.6 is 11.6 Å². The molecular formula is C11H17ClN2. The first kappa shape index (κ1) is 10.0. The van der Waals surface area contributed by atoms with Crippen molar-refractivity contribution in [1.29, 1.82) is 0 Å². The Morgan fingerprint density at radius 3 is 2.43 bits per heavy atom. The molecule has 0 unspecified atom stereocenters. The molecule has 0 N–H and O–H groups in total. The third-order valence-electron chi connectivity index (χ3n) is 2.98. The predicted octanol–water partition coefficient (Wildman–Crippen LogP) is 3.74. The highest BCUT2D eigenvalue weighted by Gasteiger charge is 2.17. The molecule has 0 bridgehead atoms. The van der Waals surface area contributed by atoms with Crippen molar-refractivity contribution in [3.63, 3.8) is 0 Å². The van der Waals surface area contributed by atoms with Gasteiger partial charge in [-0.05, 0) is 25.8 Å². The summed E-state index contributed by atoms with van der Waals surface area (Å²) in [5, 5.41) is 5.26. The summed E-state index contributed by atoms with van der Waals surface area (Å²) in [5.74, 6) is 0. The van der Waals surface area contributed by atoms with Gasteiger partial charge in [0, 0.05) is 0 Å². The zero-order valence-corrected chi connectivity index (χ0v) is 9.43. The third kappa shape index (κ3) is 2.11. The molecule has 3 heteroatoms. The van der Waals surface area contributed by atoms with Crippen LogP contribution in [0.3, 0.4) is 0 Å². The van der Waals surface area contributed by atoms with Gasteiger partial charge in [-0.1, -0.05) is 37.3 Å². The zero-order valence-electron chi connectivity index (χ0n) is 8.67. The number of aromatic nitrogens is 2. The molecule has 1 fully saturated rings. The van der Waals surface area contributed by atoms with E-state index >= 15 is 0 Å². The summed E-state index contributed by atoms with van der Waals surface area (Å²) in [7, 11) is 0. The number of nitrogens with zero attached hydrogens (tertiary/aromatic N) is 2. The zero-order chi connectivity index (χ0) is 9.97. The highest BCUT2D eigenvalue weighted by atomic mass is 35.5. The standard InChI is InChI=1S/C11H17ClN2/c1-9-8-11(12)14(13-9)10-6-4-2-3-5-7-10/h8,10H,2-7H2,1H3. The minimum Gasteiger partial charge on any atom is -0.251 e. The molecular weight excluding hydrogens is 196 g/mol. The third-order valence-corrected chi connectivity index (χ3v) is 3.27. The first-order valence-electron chi connectivity index (χ1n) is 5.49. The number of hydrogen-bond donors (Lipinski definition) is 0. The van der Waals surface area contributed by atoms with E-state index in [0.29, 0.717) is 6.04 Å². The summed E-state index contributed by atoms with van der Waals surface area (Å²) in [6.07, 6.45) is 7.85. The second kappa shape index (κ2) is 4.35. The normalized spacial score (nSPS) is 19.6. The van der Waals surface area contributed by atoms with Crippen LogP contribution in [0.5, 0.6) is 0 Å². The highest BCUT2D eigenvalue weighted by Crippen LogP contribution is 2.29. The lowest BCUT2D eigenvalue weighted by Crippen LogP contribution is -2.09. The average molecular weight is 213 g/mol. The molecule has 1 aliphatic rings. The lowest BCUT2D eigenvalue weighted by atomic mass is 10.1. The number of rotatable bonds is 1. The Bertz CT molecular complexity index is 298. The number of hydrogen-bond acceptors (Lipinski definition) is 1. The van der Waals surface area contributed by atoms with E-state index < -0.39 is 0 Å². The summed E-state index contributed by atoms with van der Waals surface area (Å²) in [4.78, 5) is 0. The van der Waals surface area contributed by atoms with Crippen LogP contribution in [0.25, 0.3) is 0 Å². The van der Waals surface area contributed by atoms with Crippen molar-refractivity contribution in [2.75, 3.05) is 0 Å². The molecule has 0 amide bonds. The fourth-order valence-corrected chi connectivity index (χ4v) is 2.58. The second-order valence-electron chi connectivity index (χ2n) is 4.20. The topological polar surface area (TPSA) is 17.8 Å². The summed E-state index contributed by atoms with van der Waals surface area (Å²) < 4.78 is 2.02. The van der Waals surface area contributed by atoms with E-state index in [-0.39, 0.29) is 0 Å². The van der Waals surface area contributed by atoms with Crippen LogP contribution in [0.4, 0.5) is 0 Å². The molecule has 1 aliphatic carbocycles. The lowest BCUT2D eigenvalue weighted by molar-refractivity contribution is 0.404. The van der Waals surface area contributed by atoms with Crippen LogP contribution in [0.1, 0.15) is 50.3 Å². The van der Waals surface area contributed by atoms with Crippen LogP contribution in [0.2, 0.25) is 5.15 Å². The molecule has 78 valence electrons. The van der Waals surface area contributed by atoms with Crippen LogP contribution in [0.15, 0.2) is 6.07 Å². The fourth-order valence-electron chi connectivity index (χ4n) is 2.24. The van der Waals surface area contributed by atoms with Gasteiger partial charge in [0.2, 0.25) is 0 Å². The Kier molecular flexibility index (Phi) is 3.12. The van der Waals surface area contributed by atoms with Gasteiger partial charge in [0.1, 0.15) is 5.15 Å². The van der Waals surface area contributed by atoms with E-state index in [4.69, 9.17) is 11.6 Å². The number of aryl methyl sites for hydroxylation is 1. The van der Waals surface area contributed by atoms with Crippen molar-refractivity contribution in [3.05, 3.63) is 16.9 Å². The Morgan fingerprint density at radius 1 is 1.29 bits per heavy atom. The Morgan fingerprint density at radius 2 is 1.93 bits per heavy atom. The molecule has 1 aromatic heterocycles. The molecule has 2 nitrogen and oxygen atoms in total. The van der Waals surface area contributed by atoms with Crippen molar-refractivity contribution in [3.8, 4) is 0 Å². The quantitative estimate of drug-likeness (QED) is 0.649. The van der Waals surface area contributed by atoms with E-state index in [9.17, 15) is 0 Å². The van der Waals surface area contributed by atoms with Gasteiger partial charge in [-0.15, -0.1) is 0 Å². The van der Waals surface area contributed by atoms with Gasteiger partial charge in [-0.2, -0.15) is 5.10 Å². The Hall–Kier alpha value is -0.500. The molecule has 2 rings (SSSR count). The van der Waals surface area contributed by atoms with Gasteiger partial charge >= 0.3 is 0 Å². The maximum absolute atomic E-state index is 6.13. The lowest BCUT2D eigenvalue weighted by Gasteiger charge is -2.15. The van der Waals surface area contributed by atoms with Crippen molar-refractivity contribution in [2.45, 2.75) is 51.5 Å². The van der Waals surface area contributed by atoms with Gasteiger partial charge < -0.3 is 0 Å². The van der Waals surface area contributed by atoms with Crippen LogP contribution in [0, 0.1) is 6.92 Å². The van der Waals surface area contributed by atoms with E-state index in [1.165, 1.54) is 38.5 Å². The van der Waals surface area contributed by atoms with Gasteiger partial charge in [0.05, 0.1) is 11.7 Å². The molecule has 0 aromatic carbocycles. The SMILES string of the molecule is Cc1cc(Cl)n(C2CCCCCC2)n1. The maximum Gasteiger partial charge on any atom is 0.127 e. The minimum absolute atomic E-state index is 0.540. The Labute approximate surface area is 90.3 Å². The summed E-state index contributed by atoms with van der Waals surface area (Å²) in [5.41, 5.74) is 1.03. The van der Waals surface area contributed by atoms with Gasteiger partial charge in [-0.3, -0.25) is 4.68 Å². The van der Waals surface area contributed by atoms with Gasteiger partial charge in [0.15, 0.2) is 0 Å². The van der Waals surface area contributed by atoms with E-state index in [1.807, 2.05) is 17.7 Å². The van der Waals surface area contributed by atoms with Crippen LogP contribution in [-0.2, 0) is 0 Å². The molecule has 1 saturated carbocycles. The second-order valence-corrected chi connectivity index (χ2v) is 4.59. The average Bonchev–Trinajstić information content (AvgIpc) is 2.43. The summed E-state index contributed by atoms with van der Waals surface area (Å²) >= 11 is 6.13. The van der Waals surface area contributed by atoms with Crippen molar-refractivity contribution >= 4 is 11.6 Å². The van der Waals surface area contributed by atoms with E-state index in [0.717, 1.165) is 10.8 Å². The number of halogens is 1. The molecule has 0 saturated heterocycles. The highest BCUT2D eigenvalue weighted by molar-refractivity contribution is 6.29. The predicted molar refractivity (Wildman–Crippen MR) is 58.7 cm³/mol. The molecule has 0 spiro atoms. The molecule has 1 aromatic rings. The van der Waals surface area contributed by atoms with Gasteiger partial charge in [-0.25, -0.2) is 0 Å². The van der Waals surface area contributed by atoms with E-state index in [2.05, 4.69) is 5.10 Å². The molecule has 14 heavy (non-hydrogen) atoms. The largest absolute Gasteiger partial charge is 0.251 e. The van der Waals surface area contributed by atoms with Crippen molar-refractivity contribution in [2.24, 2.45) is 0 Å². The molecule has 0 atom stereocenters.